The Morgan fingerprint density at radius 2 is 1.91 bits per heavy atom. The quantitative estimate of drug-likeness (QED) is 0.404. The van der Waals surface area contributed by atoms with Crippen molar-refractivity contribution in [3.8, 4) is 0 Å². The minimum atomic E-state index is -1.18. The predicted molar refractivity (Wildman–Crippen MR) is 130 cm³/mol. The highest BCUT2D eigenvalue weighted by Crippen LogP contribution is 2.34. The van der Waals surface area contributed by atoms with Gasteiger partial charge in [0.1, 0.15) is 5.57 Å². The van der Waals surface area contributed by atoms with Gasteiger partial charge in [0.05, 0.1) is 12.0 Å². The highest BCUT2D eigenvalue weighted by atomic mass is 35.5. The minimum absolute atomic E-state index is 0.0804. The van der Waals surface area contributed by atoms with Crippen molar-refractivity contribution in [2.24, 2.45) is 5.92 Å². The van der Waals surface area contributed by atoms with Crippen LogP contribution in [0, 0.1) is 5.92 Å². The van der Waals surface area contributed by atoms with Crippen molar-refractivity contribution in [1.29, 1.82) is 0 Å². The molecule has 1 aliphatic heterocycles. The lowest BCUT2D eigenvalue weighted by molar-refractivity contribution is -0.136. The summed E-state index contributed by atoms with van der Waals surface area (Å²) in [6, 6.07) is 8.18. The molecule has 1 aromatic carbocycles. The summed E-state index contributed by atoms with van der Waals surface area (Å²) in [7, 11) is 0. The van der Waals surface area contributed by atoms with Gasteiger partial charge < -0.3 is 14.9 Å². The Balaban J connectivity index is 1.82. The number of allylic oxidation sites excluding steroid dienone is 2. The second-order valence-electron chi connectivity index (χ2n) is 8.42. The van der Waals surface area contributed by atoms with Gasteiger partial charge in [-0.25, -0.2) is 4.79 Å². The van der Waals surface area contributed by atoms with Crippen molar-refractivity contribution in [3.05, 3.63) is 65.4 Å². The lowest BCUT2D eigenvalue weighted by Gasteiger charge is -2.41. The zero-order chi connectivity index (χ0) is 23.3. The predicted octanol–water partition coefficient (Wildman–Crippen LogP) is 4.21. The van der Waals surface area contributed by atoms with Gasteiger partial charge in [0.25, 0.3) is 0 Å². The fourth-order valence-electron chi connectivity index (χ4n) is 4.28. The molecule has 0 bridgehead atoms. The van der Waals surface area contributed by atoms with E-state index in [1.807, 2.05) is 49.1 Å². The highest BCUT2D eigenvalue weighted by molar-refractivity contribution is 6.19. The second-order valence-corrected chi connectivity index (χ2v) is 9.18. The number of ketones is 1. The largest absolute Gasteiger partial charge is 0.478 e. The number of carboxylic acids is 1. The van der Waals surface area contributed by atoms with E-state index in [0.29, 0.717) is 11.8 Å². The molecule has 0 amide bonds. The van der Waals surface area contributed by atoms with Crippen molar-refractivity contribution >= 4 is 40.5 Å². The molecule has 0 saturated carbocycles. The van der Waals surface area contributed by atoms with E-state index in [1.54, 1.807) is 0 Å². The van der Waals surface area contributed by atoms with Crippen LogP contribution in [0.4, 0.5) is 0 Å². The van der Waals surface area contributed by atoms with Gasteiger partial charge in [-0.05, 0) is 37.0 Å². The van der Waals surface area contributed by atoms with Crippen LogP contribution >= 0.6 is 23.2 Å². The van der Waals surface area contributed by atoms with E-state index in [4.69, 9.17) is 23.2 Å². The third kappa shape index (κ3) is 5.64. The fraction of sp³-hybridized carbons (Fsp3) is 0.440. The van der Waals surface area contributed by atoms with E-state index in [1.165, 1.54) is 11.8 Å². The molecule has 0 fully saturated rings. The van der Waals surface area contributed by atoms with E-state index in [2.05, 4.69) is 17.0 Å². The third-order valence-electron chi connectivity index (χ3n) is 6.00. The van der Waals surface area contributed by atoms with Crippen LogP contribution in [0.5, 0.6) is 0 Å². The molecule has 1 aliphatic carbocycles. The Morgan fingerprint density at radius 1 is 1.19 bits per heavy atom. The number of hydrogen-bond acceptors (Lipinski definition) is 4. The first-order valence-corrected chi connectivity index (χ1v) is 12.0. The van der Waals surface area contributed by atoms with E-state index in [0.717, 1.165) is 37.2 Å². The minimum Gasteiger partial charge on any atom is -0.478 e. The number of halogens is 2. The molecule has 172 valence electrons. The average Bonchev–Trinajstić information content (AvgIpc) is 2.77. The summed E-state index contributed by atoms with van der Waals surface area (Å²) in [4.78, 5) is 28.8. The number of Topliss-reactive ketones (excluding diaryl/α,β-unsaturated/α-hetero) is 1. The summed E-state index contributed by atoms with van der Waals surface area (Å²) in [6.07, 6.45) is 8.34. The smallest absolute Gasteiger partial charge is 0.340 e. The Labute approximate surface area is 200 Å². The number of fused-ring (bicyclic) bond motifs is 1. The van der Waals surface area contributed by atoms with Crippen LogP contribution in [0.15, 0.2) is 54.3 Å². The number of carbonyl (C=O) groups excluding carboxylic acids is 1. The molecule has 2 atom stereocenters. The zero-order valence-corrected chi connectivity index (χ0v) is 20.0. The van der Waals surface area contributed by atoms with E-state index < -0.39 is 11.9 Å². The number of carbonyl (C=O) groups is 2. The molecular weight excluding hydrogens is 447 g/mol. The van der Waals surface area contributed by atoms with Crippen LogP contribution in [0.1, 0.15) is 25.0 Å². The Kier molecular flexibility index (Phi) is 8.57. The van der Waals surface area contributed by atoms with Gasteiger partial charge in [0, 0.05) is 43.6 Å². The van der Waals surface area contributed by atoms with E-state index in [-0.39, 0.29) is 23.4 Å². The molecular formula is C25H30Cl2N2O3. The van der Waals surface area contributed by atoms with Crippen LogP contribution in [0.25, 0.3) is 5.57 Å². The van der Waals surface area contributed by atoms with Gasteiger partial charge in [0.2, 0.25) is 0 Å². The Hall–Kier alpha value is -2.08. The summed E-state index contributed by atoms with van der Waals surface area (Å²) in [5, 5.41) is 9.52. The molecule has 1 aromatic rings. The number of carboxylic acid groups (broad SMARTS) is 1. The molecule has 5 nitrogen and oxygen atoms in total. The monoisotopic (exact) mass is 476 g/mol. The molecule has 32 heavy (non-hydrogen) atoms. The summed E-state index contributed by atoms with van der Waals surface area (Å²) < 4.78 is 0. The van der Waals surface area contributed by atoms with Crippen LogP contribution in [-0.2, 0) is 16.0 Å². The van der Waals surface area contributed by atoms with Crippen LogP contribution in [0.2, 0.25) is 0 Å². The molecule has 7 heteroatoms. The molecule has 0 spiro atoms. The van der Waals surface area contributed by atoms with Crippen molar-refractivity contribution in [1.82, 2.24) is 9.80 Å². The first-order chi connectivity index (χ1) is 15.3. The standard InChI is InChI=1S/C25H30Cl2N2O3/c1-17(2)29-16-22(25(31)32)24(30)21-15-20(6-7-23(21)29)19-5-3-4-18(14-19)8-11-28(12-9-26)13-10-27/h3-7,14-17,21,23H,8-13H2,1-2H3,(H,31,32). The molecule has 3 rings (SSSR count). The normalized spacial score (nSPS) is 20.4. The number of rotatable bonds is 10. The average molecular weight is 477 g/mol. The SMILES string of the molecule is CC(C)N1C=C(C(=O)O)C(=O)C2C=C(c3cccc(CCN(CCCl)CCCl)c3)C=CC21. The van der Waals surface area contributed by atoms with Crippen LogP contribution in [-0.4, -0.2) is 70.1 Å². The maximum Gasteiger partial charge on any atom is 0.340 e. The molecule has 1 heterocycles. The number of benzene rings is 1. The number of hydrogen-bond donors (Lipinski definition) is 1. The Bertz CT molecular complexity index is 933. The molecule has 2 aliphatic rings. The van der Waals surface area contributed by atoms with Gasteiger partial charge in [-0.15, -0.1) is 23.2 Å². The summed E-state index contributed by atoms with van der Waals surface area (Å²) in [5.74, 6) is -0.879. The lowest BCUT2D eigenvalue weighted by atomic mass is 9.80. The lowest BCUT2D eigenvalue weighted by Crippen LogP contribution is -2.48. The maximum atomic E-state index is 12.9. The van der Waals surface area contributed by atoms with Gasteiger partial charge >= 0.3 is 5.97 Å². The molecule has 0 aromatic heterocycles. The summed E-state index contributed by atoms with van der Waals surface area (Å²) >= 11 is 11.8. The summed E-state index contributed by atoms with van der Waals surface area (Å²) in [5.41, 5.74) is 3.00. The van der Waals surface area contributed by atoms with Gasteiger partial charge in [-0.1, -0.05) is 42.5 Å². The summed E-state index contributed by atoms with van der Waals surface area (Å²) in [6.45, 7) is 6.48. The first-order valence-electron chi connectivity index (χ1n) is 11.0. The van der Waals surface area contributed by atoms with E-state index in [9.17, 15) is 14.7 Å². The number of aliphatic carboxylic acids is 1. The van der Waals surface area contributed by atoms with Gasteiger partial charge in [0.15, 0.2) is 5.78 Å². The topological polar surface area (TPSA) is 60.9 Å². The molecule has 0 radical (unpaired) electrons. The van der Waals surface area contributed by atoms with Crippen molar-refractivity contribution in [2.45, 2.75) is 32.4 Å². The van der Waals surface area contributed by atoms with Crippen LogP contribution in [0.3, 0.4) is 0 Å². The Morgan fingerprint density at radius 3 is 2.53 bits per heavy atom. The zero-order valence-electron chi connectivity index (χ0n) is 18.5. The van der Waals surface area contributed by atoms with Crippen molar-refractivity contribution in [3.63, 3.8) is 0 Å². The third-order valence-corrected chi connectivity index (χ3v) is 6.33. The van der Waals surface area contributed by atoms with Crippen molar-refractivity contribution in [2.75, 3.05) is 31.4 Å². The number of nitrogens with zero attached hydrogens (tertiary/aromatic N) is 2. The molecule has 0 saturated heterocycles. The second kappa shape index (κ2) is 11.2. The molecule has 2 unspecified atom stereocenters. The number of alkyl halides is 2. The van der Waals surface area contributed by atoms with Crippen LogP contribution < -0.4 is 0 Å². The molecule has 1 N–H and O–H groups in total. The highest BCUT2D eigenvalue weighted by Gasteiger charge is 2.40. The van der Waals surface area contributed by atoms with E-state index >= 15 is 0 Å². The van der Waals surface area contributed by atoms with Crippen molar-refractivity contribution < 1.29 is 14.7 Å². The fourth-order valence-corrected chi connectivity index (χ4v) is 4.76. The van der Waals surface area contributed by atoms with Gasteiger partial charge in [-0.2, -0.15) is 0 Å². The first kappa shape index (κ1) is 24.6. The maximum absolute atomic E-state index is 12.9. The van der Waals surface area contributed by atoms with Gasteiger partial charge in [-0.3, -0.25) is 4.79 Å².